The van der Waals surface area contributed by atoms with Crippen LogP contribution >= 0.6 is 0 Å². The van der Waals surface area contributed by atoms with E-state index >= 15 is 0 Å². The monoisotopic (exact) mass is 282 g/mol. The summed E-state index contributed by atoms with van der Waals surface area (Å²) in [6.07, 6.45) is 0. The summed E-state index contributed by atoms with van der Waals surface area (Å²) in [5, 5.41) is 10.5. The third kappa shape index (κ3) is 2.14. The van der Waals surface area contributed by atoms with Crippen LogP contribution in [0.25, 0.3) is 22.3 Å². The fraction of sp³-hybridized carbons (Fsp3) is 0.118. The van der Waals surface area contributed by atoms with Crippen LogP contribution in [0.2, 0.25) is 0 Å². The maximum absolute atomic E-state index is 12.3. The molecule has 4 nitrogen and oxygen atoms in total. The van der Waals surface area contributed by atoms with E-state index in [2.05, 4.69) is 0 Å². The lowest BCUT2D eigenvalue weighted by molar-refractivity contribution is 0.414. The minimum Gasteiger partial charge on any atom is -0.502 e. The summed E-state index contributed by atoms with van der Waals surface area (Å²) in [6, 6.07) is 12.2. The first-order valence-corrected chi connectivity index (χ1v) is 6.51. The van der Waals surface area contributed by atoms with E-state index in [-0.39, 0.29) is 11.5 Å². The van der Waals surface area contributed by atoms with Crippen LogP contribution in [0.3, 0.4) is 0 Å². The van der Waals surface area contributed by atoms with Crippen molar-refractivity contribution in [2.45, 2.75) is 6.92 Å². The Morgan fingerprint density at radius 2 is 1.81 bits per heavy atom. The predicted molar refractivity (Wildman–Crippen MR) is 80.9 cm³/mol. The molecule has 106 valence electrons. The van der Waals surface area contributed by atoms with Gasteiger partial charge in [0.2, 0.25) is 11.2 Å². The van der Waals surface area contributed by atoms with E-state index in [4.69, 9.17) is 9.15 Å². The van der Waals surface area contributed by atoms with E-state index < -0.39 is 5.43 Å². The number of fused-ring (bicyclic) bond motifs is 1. The summed E-state index contributed by atoms with van der Waals surface area (Å²) in [6.45, 7) is 1.86. The molecule has 0 unspecified atom stereocenters. The predicted octanol–water partition coefficient (Wildman–Crippen LogP) is 3.48. The van der Waals surface area contributed by atoms with Crippen molar-refractivity contribution in [3.63, 3.8) is 0 Å². The fourth-order valence-electron chi connectivity index (χ4n) is 2.29. The quantitative estimate of drug-likeness (QED) is 0.781. The van der Waals surface area contributed by atoms with Crippen molar-refractivity contribution < 1.29 is 14.3 Å². The fourth-order valence-corrected chi connectivity index (χ4v) is 2.29. The zero-order chi connectivity index (χ0) is 15.0. The number of para-hydroxylation sites is 1. The van der Waals surface area contributed by atoms with Gasteiger partial charge in [-0.25, -0.2) is 0 Å². The van der Waals surface area contributed by atoms with Crippen molar-refractivity contribution in [2.75, 3.05) is 7.11 Å². The number of ether oxygens (including phenoxy) is 1. The highest BCUT2D eigenvalue weighted by Gasteiger charge is 2.16. The minimum absolute atomic E-state index is 0.171. The van der Waals surface area contributed by atoms with Gasteiger partial charge in [0.25, 0.3) is 0 Å². The molecule has 1 heterocycles. The molecular weight excluding hydrogens is 268 g/mol. The van der Waals surface area contributed by atoms with Crippen LogP contribution < -0.4 is 10.2 Å². The molecule has 3 aromatic rings. The smallest absolute Gasteiger partial charge is 0.235 e. The molecule has 3 rings (SSSR count). The van der Waals surface area contributed by atoms with Crippen molar-refractivity contribution in [1.82, 2.24) is 0 Å². The molecule has 0 bridgehead atoms. The molecule has 1 aromatic heterocycles. The maximum atomic E-state index is 12.3. The Balaban J connectivity index is 2.29. The van der Waals surface area contributed by atoms with Gasteiger partial charge < -0.3 is 14.3 Å². The van der Waals surface area contributed by atoms with E-state index in [1.807, 2.05) is 13.0 Å². The molecule has 4 heteroatoms. The lowest BCUT2D eigenvalue weighted by Gasteiger charge is -2.08. The standard InChI is InChI=1S/C17H14O4/c1-10-4-3-5-13-14(18)15(19)17(21-16(10)13)11-6-8-12(20-2)9-7-11/h3-9,19H,1-2H3. The van der Waals surface area contributed by atoms with Gasteiger partial charge >= 0.3 is 0 Å². The van der Waals surface area contributed by atoms with Crippen LogP contribution in [0.1, 0.15) is 5.56 Å². The topological polar surface area (TPSA) is 59.7 Å². The molecule has 21 heavy (non-hydrogen) atoms. The van der Waals surface area contributed by atoms with Crippen molar-refractivity contribution >= 4 is 11.0 Å². The SMILES string of the molecule is COc1ccc(-c2oc3c(C)cccc3c(=O)c2O)cc1. The van der Waals surface area contributed by atoms with E-state index in [1.54, 1.807) is 43.5 Å². The molecule has 0 saturated carbocycles. The second-order valence-corrected chi connectivity index (χ2v) is 4.79. The summed E-state index contributed by atoms with van der Waals surface area (Å²) in [5.41, 5.74) is 1.53. The molecule has 0 aliphatic rings. The van der Waals surface area contributed by atoms with Crippen molar-refractivity contribution in [1.29, 1.82) is 0 Å². The second kappa shape index (κ2) is 4.98. The number of methoxy groups -OCH3 is 1. The number of hydrogen-bond acceptors (Lipinski definition) is 4. The van der Waals surface area contributed by atoms with Crippen LogP contribution in [0.4, 0.5) is 0 Å². The Bertz CT molecular complexity index is 860. The number of rotatable bonds is 2. The lowest BCUT2D eigenvalue weighted by atomic mass is 10.1. The summed E-state index contributed by atoms with van der Waals surface area (Å²) in [4.78, 5) is 12.3. The molecule has 0 spiro atoms. The zero-order valence-corrected chi connectivity index (χ0v) is 11.7. The minimum atomic E-state index is -0.425. The number of benzene rings is 2. The molecule has 0 aliphatic heterocycles. The first-order valence-electron chi connectivity index (χ1n) is 6.51. The Morgan fingerprint density at radius 1 is 1.10 bits per heavy atom. The number of hydrogen-bond donors (Lipinski definition) is 1. The van der Waals surface area contributed by atoms with Gasteiger partial charge in [-0.1, -0.05) is 12.1 Å². The van der Waals surface area contributed by atoms with Gasteiger partial charge in [0, 0.05) is 5.56 Å². The maximum Gasteiger partial charge on any atom is 0.235 e. The molecule has 0 radical (unpaired) electrons. The molecule has 2 aromatic carbocycles. The van der Waals surface area contributed by atoms with Gasteiger partial charge in [0.15, 0.2) is 5.76 Å². The van der Waals surface area contributed by atoms with Gasteiger partial charge in [0.05, 0.1) is 12.5 Å². The Morgan fingerprint density at radius 3 is 2.48 bits per heavy atom. The van der Waals surface area contributed by atoms with Crippen LogP contribution in [0.15, 0.2) is 51.7 Å². The van der Waals surface area contributed by atoms with Gasteiger partial charge in [-0.05, 0) is 42.8 Å². The van der Waals surface area contributed by atoms with Crippen molar-refractivity contribution in [3.8, 4) is 22.8 Å². The number of aromatic hydroxyl groups is 1. The van der Waals surface area contributed by atoms with Crippen LogP contribution in [0, 0.1) is 6.92 Å². The Labute approximate surface area is 121 Å². The van der Waals surface area contributed by atoms with Gasteiger partial charge in [-0.15, -0.1) is 0 Å². The molecule has 0 fully saturated rings. The molecule has 0 atom stereocenters. The molecule has 0 amide bonds. The number of aryl methyl sites for hydroxylation is 1. The third-order valence-electron chi connectivity index (χ3n) is 3.44. The van der Waals surface area contributed by atoms with E-state index in [9.17, 15) is 9.90 Å². The van der Waals surface area contributed by atoms with E-state index in [0.717, 1.165) is 5.56 Å². The summed E-state index contributed by atoms with van der Waals surface area (Å²) >= 11 is 0. The third-order valence-corrected chi connectivity index (χ3v) is 3.44. The highest BCUT2D eigenvalue weighted by molar-refractivity contribution is 5.84. The molecule has 0 aliphatic carbocycles. The van der Waals surface area contributed by atoms with Crippen LogP contribution in [-0.4, -0.2) is 12.2 Å². The van der Waals surface area contributed by atoms with Crippen molar-refractivity contribution in [3.05, 3.63) is 58.3 Å². The van der Waals surface area contributed by atoms with Crippen molar-refractivity contribution in [2.24, 2.45) is 0 Å². The van der Waals surface area contributed by atoms with Gasteiger partial charge in [-0.2, -0.15) is 0 Å². The van der Waals surface area contributed by atoms with E-state index in [1.165, 1.54) is 0 Å². The first kappa shape index (κ1) is 13.2. The Kier molecular flexibility index (Phi) is 3.14. The lowest BCUT2D eigenvalue weighted by Crippen LogP contribution is -2.03. The summed E-state index contributed by atoms with van der Waals surface area (Å²) < 4.78 is 10.9. The van der Waals surface area contributed by atoms with Gasteiger partial charge in [-0.3, -0.25) is 4.79 Å². The van der Waals surface area contributed by atoms with Crippen LogP contribution in [-0.2, 0) is 0 Å². The molecule has 0 saturated heterocycles. The normalized spacial score (nSPS) is 10.8. The van der Waals surface area contributed by atoms with Crippen LogP contribution in [0.5, 0.6) is 11.5 Å². The van der Waals surface area contributed by atoms with E-state index in [0.29, 0.717) is 22.3 Å². The largest absolute Gasteiger partial charge is 0.502 e. The second-order valence-electron chi connectivity index (χ2n) is 4.79. The zero-order valence-electron chi connectivity index (χ0n) is 11.7. The average Bonchev–Trinajstić information content (AvgIpc) is 2.51. The Hall–Kier alpha value is -2.75. The summed E-state index contributed by atoms with van der Waals surface area (Å²) in [5.74, 6) is 0.486. The average molecular weight is 282 g/mol. The first-order chi connectivity index (χ1) is 10.1. The van der Waals surface area contributed by atoms with Gasteiger partial charge in [0.1, 0.15) is 11.3 Å². The summed E-state index contributed by atoms with van der Waals surface area (Å²) in [7, 11) is 1.58. The highest BCUT2D eigenvalue weighted by atomic mass is 16.5. The highest BCUT2D eigenvalue weighted by Crippen LogP contribution is 2.31. The molecular formula is C17H14O4. The molecule has 1 N–H and O–H groups in total.